The van der Waals surface area contributed by atoms with E-state index in [0.29, 0.717) is 6.61 Å². The van der Waals surface area contributed by atoms with Crippen LogP contribution in [0.5, 0.6) is 0 Å². The molecule has 6 nitrogen and oxygen atoms in total. The highest BCUT2D eigenvalue weighted by Gasteiger charge is 2.52. The Balaban J connectivity index is 3.28. The lowest BCUT2D eigenvalue weighted by Gasteiger charge is -2.47. The highest BCUT2D eigenvalue weighted by atomic mass is 28.4. The van der Waals surface area contributed by atoms with E-state index in [2.05, 4.69) is 78.6 Å². The van der Waals surface area contributed by atoms with Crippen LogP contribution in [-0.4, -0.2) is 70.3 Å². The monoisotopic (exact) mass is 466 g/mol. The van der Waals surface area contributed by atoms with E-state index in [-0.39, 0.29) is 12.1 Å². The molecule has 4 atom stereocenters. The van der Waals surface area contributed by atoms with Crippen molar-refractivity contribution in [2.24, 2.45) is 0 Å². The van der Waals surface area contributed by atoms with Crippen LogP contribution in [0.2, 0.25) is 78.6 Å². The third-order valence-electron chi connectivity index (χ3n) is 3.63. The normalized spacial score (nSPS) is 27.6. The number of carbonyl (C=O) groups is 1. The number of carbonyl (C=O) groups excluding carboxylic acids is 1. The highest BCUT2D eigenvalue weighted by Crippen LogP contribution is 2.31. The molecular weight excluding hydrogens is 425 g/mol. The number of rotatable bonds is 9. The van der Waals surface area contributed by atoms with E-state index in [9.17, 15) is 4.79 Å². The summed E-state index contributed by atoms with van der Waals surface area (Å²) in [4.78, 5) is 12.9. The molecule has 0 aliphatic carbocycles. The maximum Gasteiger partial charge on any atom is 0.337 e. The van der Waals surface area contributed by atoms with Crippen molar-refractivity contribution in [2.75, 3.05) is 6.61 Å². The van der Waals surface area contributed by atoms with Crippen molar-refractivity contribution in [3.05, 3.63) is 0 Å². The van der Waals surface area contributed by atoms with Crippen LogP contribution in [0, 0.1) is 0 Å². The number of ether oxygens (including phenoxy) is 1. The van der Waals surface area contributed by atoms with Gasteiger partial charge in [0.25, 0.3) is 0 Å². The standard InChI is InChI=1S/C18H42O6Si4/c1-25(2,3)20-13-14-15(22-26(4,5)6)16(23-27(7,8)9)17(18(19)21-14)24-28(10,11)12/h14-17H,13H2,1-12H3. The Morgan fingerprint density at radius 2 is 1.11 bits per heavy atom. The SMILES string of the molecule is C[Si](C)(C)OCC1OC(=O)C(O[Si](C)(C)C)C(O[Si](C)(C)C)C1O[Si](C)(C)C. The van der Waals surface area contributed by atoms with Gasteiger partial charge < -0.3 is 22.4 Å². The molecule has 10 heteroatoms. The van der Waals surface area contributed by atoms with Crippen molar-refractivity contribution < 1.29 is 27.2 Å². The maximum atomic E-state index is 12.9. The molecule has 1 aliphatic heterocycles. The van der Waals surface area contributed by atoms with Crippen molar-refractivity contribution >= 4 is 39.2 Å². The fraction of sp³-hybridized carbons (Fsp3) is 0.944. The van der Waals surface area contributed by atoms with Gasteiger partial charge in [-0.3, -0.25) is 0 Å². The molecule has 4 unspecified atom stereocenters. The van der Waals surface area contributed by atoms with E-state index < -0.39 is 51.6 Å². The van der Waals surface area contributed by atoms with Crippen molar-refractivity contribution in [1.82, 2.24) is 0 Å². The van der Waals surface area contributed by atoms with E-state index in [1.807, 2.05) is 0 Å². The molecule has 0 amide bonds. The molecule has 166 valence electrons. The second-order valence-corrected chi connectivity index (χ2v) is 29.3. The van der Waals surface area contributed by atoms with Gasteiger partial charge >= 0.3 is 5.97 Å². The summed E-state index contributed by atoms with van der Waals surface area (Å²) in [6.45, 7) is 25.7. The first kappa shape index (κ1) is 26.2. The Kier molecular flexibility index (Phi) is 8.54. The zero-order valence-electron chi connectivity index (χ0n) is 20.0. The topological polar surface area (TPSA) is 63.2 Å². The summed E-state index contributed by atoms with van der Waals surface area (Å²) >= 11 is 0. The van der Waals surface area contributed by atoms with Gasteiger partial charge in [0.2, 0.25) is 0 Å². The van der Waals surface area contributed by atoms with Crippen LogP contribution in [-0.2, 0) is 27.2 Å². The van der Waals surface area contributed by atoms with Gasteiger partial charge in [-0.25, -0.2) is 4.79 Å². The summed E-state index contributed by atoms with van der Waals surface area (Å²) in [6, 6.07) is 0. The van der Waals surface area contributed by atoms with Crippen LogP contribution < -0.4 is 0 Å². The molecule has 1 aliphatic rings. The largest absolute Gasteiger partial charge is 0.455 e. The highest BCUT2D eigenvalue weighted by molar-refractivity contribution is 6.71. The van der Waals surface area contributed by atoms with E-state index in [1.165, 1.54) is 0 Å². The first-order valence-electron chi connectivity index (χ1n) is 10.2. The predicted octanol–water partition coefficient (Wildman–Crippen LogP) is 4.42. The summed E-state index contributed by atoms with van der Waals surface area (Å²) in [6.07, 6.45) is -2.08. The van der Waals surface area contributed by atoms with Gasteiger partial charge in [0.1, 0.15) is 12.2 Å². The van der Waals surface area contributed by atoms with E-state index in [1.54, 1.807) is 0 Å². The van der Waals surface area contributed by atoms with Crippen LogP contribution in [0.25, 0.3) is 0 Å². The number of hydrogen-bond acceptors (Lipinski definition) is 6. The first-order chi connectivity index (χ1) is 12.3. The molecule has 0 N–H and O–H groups in total. The van der Waals surface area contributed by atoms with Crippen molar-refractivity contribution in [3.8, 4) is 0 Å². The van der Waals surface area contributed by atoms with E-state index >= 15 is 0 Å². The number of cyclic esters (lactones) is 1. The van der Waals surface area contributed by atoms with Gasteiger partial charge in [-0.05, 0) is 78.6 Å². The maximum absolute atomic E-state index is 12.9. The van der Waals surface area contributed by atoms with Gasteiger partial charge in [-0.1, -0.05) is 0 Å². The van der Waals surface area contributed by atoms with Crippen molar-refractivity contribution in [1.29, 1.82) is 0 Å². The molecular formula is C18H42O6Si4. The molecule has 28 heavy (non-hydrogen) atoms. The van der Waals surface area contributed by atoms with Gasteiger partial charge in [-0.2, -0.15) is 0 Å². The molecule has 0 aromatic heterocycles. The fourth-order valence-corrected chi connectivity index (χ4v) is 6.68. The Hall–Kier alpha value is 0.178. The Morgan fingerprint density at radius 3 is 1.50 bits per heavy atom. The lowest BCUT2D eigenvalue weighted by Crippen LogP contribution is -2.64. The van der Waals surface area contributed by atoms with Crippen molar-refractivity contribution in [3.63, 3.8) is 0 Å². The second-order valence-electron chi connectivity index (χ2n) is 11.4. The molecule has 1 heterocycles. The summed E-state index contributed by atoms with van der Waals surface area (Å²) < 4.78 is 31.2. The Morgan fingerprint density at radius 1 is 0.679 bits per heavy atom. The molecule has 1 rings (SSSR count). The molecule has 1 fully saturated rings. The Bertz CT molecular complexity index is 530. The minimum absolute atomic E-state index is 0.335. The quantitative estimate of drug-likeness (QED) is 0.370. The molecule has 0 aromatic carbocycles. The van der Waals surface area contributed by atoms with Crippen LogP contribution in [0.3, 0.4) is 0 Å². The van der Waals surface area contributed by atoms with Gasteiger partial charge in [-0.15, -0.1) is 0 Å². The second kappa shape index (κ2) is 9.12. The number of hydrogen-bond donors (Lipinski definition) is 0. The predicted molar refractivity (Wildman–Crippen MR) is 124 cm³/mol. The molecule has 0 aromatic rings. The number of esters is 1. The van der Waals surface area contributed by atoms with E-state index in [4.69, 9.17) is 22.4 Å². The molecule has 0 radical (unpaired) electrons. The van der Waals surface area contributed by atoms with Crippen LogP contribution in [0.15, 0.2) is 0 Å². The lowest BCUT2D eigenvalue weighted by molar-refractivity contribution is -0.198. The Labute approximate surface area is 176 Å². The van der Waals surface area contributed by atoms with Crippen molar-refractivity contribution in [2.45, 2.75) is 103 Å². The van der Waals surface area contributed by atoms with Crippen LogP contribution >= 0.6 is 0 Å². The lowest BCUT2D eigenvalue weighted by atomic mass is 10.0. The molecule has 1 saturated heterocycles. The zero-order valence-corrected chi connectivity index (χ0v) is 24.0. The summed E-state index contributed by atoms with van der Waals surface area (Å²) in [5.74, 6) is -0.356. The average Bonchev–Trinajstić information content (AvgIpc) is 2.39. The van der Waals surface area contributed by atoms with E-state index in [0.717, 1.165) is 0 Å². The minimum Gasteiger partial charge on any atom is -0.455 e. The zero-order chi connectivity index (χ0) is 22.1. The smallest absolute Gasteiger partial charge is 0.337 e. The van der Waals surface area contributed by atoms with Gasteiger partial charge in [0.05, 0.1) is 6.61 Å². The fourth-order valence-electron chi connectivity index (χ4n) is 2.85. The third-order valence-corrected chi connectivity index (χ3v) is 7.58. The minimum atomic E-state index is -2.00. The van der Waals surface area contributed by atoms with Crippen LogP contribution in [0.1, 0.15) is 0 Å². The summed E-state index contributed by atoms with van der Waals surface area (Å²) in [5.41, 5.74) is 0. The van der Waals surface area contributed by atoms with Gasteiger partial charge in [0, 0.05) is 0 Å². The average molecular weight is 467 g/mol. The molecule has 0 bridgehead atoms. The summed E-state index contributed by atoms with van der Waals surface area (Å²) in [5, 5.41) is 0. The molecule has 0 saturated carbocycles. The van der Waals surface area contributed by atoms with Crippen LogP contribution in [0.4, 0.5) is 0 Å². The third kappa shape index (κ3) is 9.79. The molecule has 0 spiro atoms. The first-order valence-corrected chi connectivity index (χ1v) is 23.8. The van der Waals surface area contributed by atoms with Gasteiger partial charge in [0.15, 0.2) is 45.5 Å². The summed E-state index contributed by atoms with van der Waals surface area (Å²) in [7, 11) is -7.66.